The molecule has 11 heteroatoms. The molecule has 0 amide bonds. The molecular formula is C26H22N4O5S2. The summed E-state index contributed by atoms with van der Waals surface area (Å²) in [6.07, 6.45) is 0. The Morgan fingerprint density at radius 2 is 1.62 bits per heavy atom. The number of nitrogens with zero attached hydrogens (tertiary/aromatic N) is 4. The van der Waals surface area contributed by atoms with Crippen molar-refractivity contribution in [2.24, 2.45) is 0 Å². The van der Waals surface area contributed by atoms with E-state index in [-0.39, 0.29) is 22.7 Å². The SMILES string of the molecule is COC(=O)c1cc(C(=O)OC)cc(-n2c(C)cc(C(=O)CSc3nnc4sc5ccccc5n34)c2C)c1. The van der Waals surface area contributed by atoms with Crippen LogP contribution in [0.3, 0.4) is 0 Å². The summed E-state index contributed by atoms with van der Waals surface area (Å²) in [6.45, 7) is 3.69. The Kier molecular flexibility index (Phi) is 6.57. The fraction of sp³-hybridized carbons (Fsp3) is 0.192. The number of methoxy groups -OCH3 is 2. The Balaban J connectivity index is 1.46. The molecular weight excluding hydrogens is 512 g/mol. The van der Waals surface area contributed by atoms with E-state index < -0.39 is 11.9 Å². The number of rotatable bonds is 7. The van der Waals surface area contributed by atoms with Gasteiger partial charge in [-0.1, -0.05) is 35.2 Å². The Morgan fingerprint density at radius 1 is 0.946 bits per heavy atom. The minimum atomic E-state index is -0.581. The summed E-state index contributed by atoms with van der Waals surface area (Å²) in [4.78, 5) is 38.6. The molecule has 5 rings (SSSR count). The van der Waals surface area contributed by atoms with E-state index in [4.69, 9.17) is 9.47 Å². The van der Waals surface area contributed by atoms with Crippen LogP contribution in [0.2, 0.25) is 0 Å². The number of thiazole rings is 1. The van der Waals surface area contributed by atoms with Gasteiger partial charge in [0, 0.05) is 22.6 Å². The zero-order chi connectivity index (χ0) is 26.3. The van der Waals surface area contributed by atoms with Crippen molar-refractivity contribution >= 4 is 56.0 Å². The molecule has 0 N–H and O–H groups in total. The maximum absolute atomic E-state index is 13.3. The van der Waals surface area contributed by atoms with Crippen LogP contribution in [-0.4, -0.2) is 56.9 Å². The molecule has 0 saturated heterocycles. The number of Topliss-reactive ketones (excluding diaryl/α,β-unsaturated/α-hetero) is 1. The minimum absolute atomic E-state index is 0.0713. The van der Waals surface area contributed by atoms with E-state index in [0.717, 1.165) is 20.9 Å². The van der Waals surface area contributed by atoms with E-state index >= 15 is 0 Å². The number of thioether (sulfide) groups is 1. The summed E-state index contributed by atoms with van der Waals surface area (Å²) in [5.41, 5.74) is 3.97. The van der Waals surface area contributed by atoms with E-state index in [2.05, 4.69) is 10.2 Å². The van der Waals surface area contributed by atoms with Crippen molar-refractivity contribution in [3.8, 4) is 5.69 Å². The zero-order valence-electron chi connectivity index (χ0n) is 20.5. The number of benzene rings is 2. The molecule has 3 heterocycles. The molecule has 0 aliphatic heterocycles. The zero-order valence-corrected chi connectivity index (χ0v) is 22.1. The van der Waals surface area contributed by atoms with Gasteiger partial charge in [-0.3, -0.25) is 9.20 Å². The molecule has 9 nitrogen and oxygen atoms in total. The van der Waals surface area contributed by atoms with Crippen LogP contribution in [0.1, 0.15) is 42.5 Å². The molecule has 0 saturated carbocycles. The third-order valence-corrected chi connectivity index (χ3v) is 7.93. The first-order valence-corrected chi connectivity index (χ1v) is 13.0. The van der Waals surface area contributed by atoms with Gasteiger partial charge in [0.15, 0.2) is 10.9 Å². The highest BCUT2D eigenvalue weighted by atomic mass is 32.2. The van der Waals surface area contributed by atoms with Gasteiger partial charge >= 0.3 is 11.9 Å². The van der Waals surface area contributed by atoms with Gasteiger partial charge in [0.05, 0.1) is 41.3 Å². The second-order valence-electron chi connectivity index (χ2n) is 8.25. The predicted octanol–water partition coefficient (Wildman–Crippen LogP) is 4.90. The maximum Gasteiger partial charge on any atom is 0.337 e. The van der Waals surface area contributed by atoms with Gasteiger partial charge in [-0.15, -0.1) is 10.2 Å². The fourth-order valence-electron chi connectivity index (χ4n) is 4.31. The van der Waals surface area contributed by atoms with Gasteiger partial charge in [0.25, 0.3) is 0 Å². The summed E-state index contributed by atoms with van der Waals surface area (Å²) >= 11 is 2.88. The lowest BCUT2D eigenvalue weighted by molar-refractivity contribution is 0.0599. The monoisotopic (exact) mass is 534 g/mol. The number of para-hydroxylation sites is 1. The van der Waals surface area contributed by atoms with E-state index in [0.29, 0.717) is 22.1 Å². The molecule has 0 aliphatic rings. The Morgan fingerprint density at radius 3 is 2.30 bits per heavy atom. The summed E-state index contributed by atoms with van der Waals surface area (Å²) in [5.74, 6) is -1.06. The Bertz CT molecular complexity index is 1660. The average Bonchev–Trinajstić information content (AvgIpc) is 3.57. The fourth-order valence-corrected chi connectivity index (χ4v) is 6.16. The van der Waals surface area contributed by atoms with Crippen LogP contribution < -0.4 is 0 Å². The van der Waals surface area contributed by atoms with E-state index in [1.165, 1.54) is 32.0 Å². The van der Waals surface area contributed by atoms with E-state index in [1.54, 1.807) is 29.5 Å². The number of ether oxygens (including phenoxy) is 2. The number of aromatic nitrogens is 4. The number of hydrogen-bond acceptors (Lipinski definition) is 9. The third kappa shape index (κ3) is 4.40. The summed E-state index contributed by atoms with van der Waals surface area (Å²) in [7, 11) is 2.55. The van der Waals surface area contributed by atoms with Crippen LogP contribution in [0.5, 0.6) is 0 Å². The molecule has 5 aromatic rings. The molecule has 0 bridgehead atoms. The Labute approximate surface area is 220 Å². The van der Waals surface area contributed by atoms with Crippen LogP contribution in [0.25, 0.3) is 20.9 Å². The van der Waals surface area contributed by atoms with Crippen molar-refractivity contribution in [3.05, 3.63) is 76.6 Å². The van der Waals surface area contributed by atoms with Crippen LogP contribution in [0.15, 0.2) is 53.7 Å². The maximum atomic E-state index is 13.3. The molecule has 0 aliphatic carbocycles. The van der Waals surface area contributed by atoms with E-state index in [1.807, 2.05) is 47.1 Å². The number of ketones is 1. The number of carbonyl (C=O) groups is 3. The molecule has 0 fully saturated rings. The van der Waals surface area contributed by atoms with Gasteiger partial charge in [-0.2, -0.15) is 0 Å². The molecule has 188 valence electrons. The molecule has 3 aromatic heterocycles. The van der Waals surface area contributed by atoms with Gasteiger partial charge in [-0.05, 0) is 50.2 Å². The lowest BCUT2D eigenvalue weighted by Gasteiger charge is -2.13. The van der Waals surface area contributed by atoms with Crippen LogP contribution >= 0.6 is 23.1 Å². The first kappa shape index (κ1) is 24.7. The smallest absolute Gasteiger partial charge is 0.337 e. The summed E-state index contributed by atoms with van der Waals surface area (Å²) in [6, 6.07) is 14.4. The highest BCUT2D eigenvalue weighted by Crippen LogP contribution is 2.30. The number of esters is 2. The molecule has 2 aromatic carbocycles. The lowest BCUT2D eigenvalue weighted by atomic mass is 10.1. The summed E-state index contributed by atoms with van der Waals surface area (Å²) < 4.78 is 14.6. The second-order valence-corrected chi connectivity index (χ2v) is 10.2. The first-order valence-electron chi connectivity index (χ1n) is 11.2. The minimum Gasteiger partial charge on any atom is -0.465 e. The number of carbonyl (C=O) groups excluding carboxylic acids is 3. The van der Waals surface area contributed by atoms with Crippen LogP contribution in [0.4, 0.5) is 0 Å². The van der Waals surface area contributed by atoms with Crippen LogP contribution in [0, 0.1) is 13.8 Å². The van der Waals surface area contributed by atoms with Crippen molar-refractivity contribution < 1.29 is 23.9 Å². The number of hydrogen-bond donors (Lipinski definition) is 0. The van der Waals surface area contributed by atoms with Crippen molar-refractivity contribution in [3.63, 3.8) is 0 Å². The highest BCUT2D eigenvalue weighted by molar-refractivity contribution is 7.99. The third-order valence-electron chi connectivity index (χ3n) is 5.99. The lowest BCUT2D eigenvalue weighted by Crippen LogP contribution is -2.10. The predicted molar refractivity (Wildman–Crippen MR) is 141 cm³/mol. The van der Waals surface area contributed by atoms with E-state index in [9.17, 15) is 14.4 Å². The molecule has 0 spiro atoms. The summed E-state index contributed by atoms with van der Waals surface area (Å²) in [5, 5.41) is 9.19. The normalized spacial score (nSPS) is 11.2. The largest absolute Gasteiger partial charge is 0.465 e. The first-order chi connectivity index (χ1) is 17.8. The van der Waals surface area contributed by atoms with Crippen LogP contribution in [-0.2, 0) is 9.47 Å². The van der Waals surface area contributed by atoms with Crippen molar-refractivity contribution in [1.29, 1.82) is 0 Å². The highest BCUT2D eigenvalue weighted by Gasteiger charge is 2.21. The van der Waals surface area contributed by atoms with Gasteiger partial charge in [0.1, 0.15) is 0 Å². The topological polar surface area (TPSA) is 105 Å². The molecule has 0 unspecified atom stereocenters. The Hall–Kier alpha value is -3.96. The van der Waals surface area contributed by atoms with Gasteiger partial charge < -0.3 is 14.0 Å². The number of aryl methyl sites for hydroxylation is 1. The van der Waals surface area contributed by atoms with Crippen molar-refractivity contribution in [1.82, 2.24) is 19.2 Å². The quantitative estimate of drug-likeness (QED) is 0.165. The molecule has 37 heavy (non-hydrogen) atoms. The molecule has 0 radical (unpaired) electrons. The van der Waals surface area contributed by atoms with Gasteiger partial charge in [0.2, 0.25) is 4.96 Å². The number of fused-ring (bicyclic) bond motifs is 3. The molecule has 0 atom stereocenters. The van der Waals surface area contributed by atoms with Gasteiger partial charge in [-0.25, -0.2) is 9.59 Å². The average molecular weight is 535 g/mol. The standard InChI is InChI=1S/C26H22N4O5S2/c1-14-9-19(15(2)29(14)18-11-16(23(32)34-3)10-17(12-18)24(33)35-4)21(31)13-36-25-27-28-26-30(25)20-7-5-6-8-22(20)37-26/h5-12H,13H2,1-4H3. The van der Waals surface area contributed by atoms with Crippen molar-refractivity contribution in [2.75, 3.05) is 20.0 Å². The second kappa shape index (κ2) is 9.83. The van der Waals surface area contributed by atoms with Crippen molar-refractivity contribution in [2.45, 2.75) is 19.0 Å².